The maximum absolute atomic E-state index is 13.2. The van der Waals surface area contributed by atoms with Crippen molar-refractivity contribution < 1.29 is 4.79 Å². The topological polar surface area (TPSA) is 38.1 Å². The number of benzene rings is 1. The standard InChI is InChI=1S/C20H27N3O/c1-3-5-17-6-4-11-22(12-9-17)20(24)18-14-16(2)7-8-19(18)23-13-10-21-15-23/h7-8,10,13-15,17H,3-6,9,11-12H2,1-2H3. The zero-order valence-electron chi connectivity index (χ0n) is 14.7. The van der Waals surface area contributed by atoms with Crippen molar-refractivity contribution in [1.29, 1.82) is 0 Å². The van der Waals surface area contributed by atoms with Gasteiger partial charge in [0.05, 0.1) is 17.6 Å². The van der Waals surface area contributed by atoms with Crippen LogP contribution < -0.4 is 0 Å². The van der Waals surface area contributed by atoms with Crippen molar-refractivity contribution in [3.8, 4) is 5.69 Å². The minimum atomic E-state index is 0.152. The maximum atomic E-state index is 13.2. The van der Waals surface area contributed by atoms with E-state index in [0.29, 0.717) is 0 Å². The number of hydrogen-bond acceptors (Lipinski definition) is 2. The van der Waals surface area contributed by atoms with E-state index in [1.54, 1.807) is 12.5 Å². The predicted molar refractivity (Wildman–Crippen MR) is 96.5 cm³/mol. The van der Waals surface area contributed by atoms with E-state index in [1.165, 1.54) is 19.3 Å². The van der Waals surface area contributed by atoms with Crippen LogP contribution in [-0.4, -0.2) is 33.4 Å². The number of carbonyl (C=O) groups excluding carboxylic acids is 1. The molecule has 0 spiro atoms. The Kier molecular flexibility index (Phi) is 5.34. The van der Waals surface area contributed by atoms with Crippen molar-refractivity contribution in [1.82, 2.24) is 14.5 Å². The van der Waals surface area contributed by atoms with E-state index in [0.717, 1.165) is 48.7 Å². The van der Waals surface area contributed by atoms with E-state index in [4.69, 9.17) is 0 Å². The molecule has 4 nitrogen and oxygen atoms in total. The minimum absolute atomic E-state index is 0.152. The summed E-state index contributed by atoms with van der Waals surface area (Å²) in [4.78, 5) is 19.3. The van der Waals surface area contributed by atoms with E-state index >= 15 is 0 Å². The largest absolute Gasteiger partial charge is 0.339 e. The first kappa shape index (κ1) is 16.7. The van der Waals surface area contributed by atoms with Crippen LogP contribution in [0.4, 0.5) is 0 Å². The fourth-order valence-corrected chi connectivity index (χ4v) is 3.68. The smallest absolute Gasteiger partial charge is 0.255 e. The van der Waals surface area contributed by atoms with Crippen LogP contribution in [0.2, 0.25) is 0 Å². The number of imidazole rings is 1. The van der Waals surface area contributed by atoms with Crippen molar-refractivity contribution >= 4 is 5.91 Å². The van der Waals surface area contributed by atoms with E-state index in [-0.39, 0.29) is 5.91 Å². The van der Waals surface area contributed by atoms with Crippen molar-refractivity contribution in [2.45, 2.75) is 46.0 Å². The molecule has 1 aliphatic rings. The summed E-state index contributed by atoms with van der Waals surface area (Å²) in [7, 11) is 0. The van der Waals surface area contributed by atoms with Crippen molar-refractivity contribution in [3.63, 3.8) is 0 Å². The summed E-state index contributed by atoms with van der Waals surface area (Å²) in [6.07, 6.45) is 11.4. The average molecular weight is 325 g/mol. The average Bonchev–Trinajstić information content (AvgIpc) is 3.01. The van der Waals surface area contributed by atoms with Gasteiger partial charge in [-0.15, -0.1) is 0 Å². The molecule has 0 N–H and O–H groups in total. The molecule has 2 heterocycles. The zero-order chi connectivity index (χ0) is 16.9. The SMILES string of the molecule is CCCC1CCCN(C(=O)c2cc(C)ccc2-n2ccnc2)CC1. The monoisotopic (exact) mass is 325 g/mol. The number of carbonyl (C=O) groups is 1. The van der Waals surface area contributed by atoms with Crippen molar-refractivity contribution in [3.05, 3.63) is 48.0 Å². The molecular formula is C20H27N3O. The Morgan fingerprint density at radius 2 is 2.17 bits per heavy atom. The Bertz CT molecular complexity index is 678. The number of aryl methyl sites for hydroxylation is 1. The lowest BCUT2D eigenvalue weighted by Gasteiger charge is -2.22. The molecule has 1 aliphatic heterocycles. The quantitative estimate of drug-likeness (QED) is 0.844. The van der Waals surface area contributed by atoms with Crippen LogP contribution in [0.15, 0.2) is 36.9 Å². The molecule has 1 atom stereocenters. The van der Waals surface area contributed by atoms with E-state index in [2.05, 4.69) is 11.9 Å². The summed E-state index contributed by atoms with van der Waals surface area (Å²) in [6.45, 7) is 6.03. The number of nitrogens with zero attached hydrogens (tertiary/aromatic N) is 3. The van der Waals surface area contributed by atoms with Crippen LogP contribution in [0, 0.1) is 12.8 Å². The van der Waals surface area contributed by atoms with Crippen LogP contribution in [0.5, 0.6) is 0 Å². The van der Waals surface area contributed by atoms with Gasteiger partial charge in [0, 0.05) is 25.5 Å². The van der Waals surface area contributed by atoms with Gasteiger partial charge < -0.3 is 9.47 Å². The van der Waals surface area contributed by atoms with Gasteiger partial charge in [-0.05, 0) is 44.2 Å². The van der Waals surface area contributed by atoms with Gasteiger partial charge in [0.1, 0.15) is 0 Å². The minimum Gasteiger partial charge on any atom is -0.339 e. The van der Waals surface area contributed by atoms with Crippen LogP contribution in [0.1, 0.15) is 54.9 Å². The molecule has 3 rings (SSSR count). The predicted octanol–water partition coefficient (Wildman–Crippen LogP) is 4.22. The molecule has 0 aliphatic carbocycles. The molecule has 1 unspecified atom stereocenters. The Labute approximate surface area is 144 Å². The molecule has 1 amide bonds. The second-order valence-electron chi connectivity index (χ2n) is 6.87. The third kappa shape index (κ3) is 3.69. The first-order valence-corrected chi connectivity index (χ1v) is 9.07. The Balaban J connectivity index is 1.83. The molecule has 1 aromatic carbocycles. The lowest BCUT2D eigenvalue weighted by molar-refractivity contribution is 0.0759. The lowest BCUT2D eigenvalue weighted by atomic mass is 9.96. The fraction of sp³-hybridized carbons (Fsp3) is 0.500. The van der Waals surface area contributed by atoms with Crippen LogP contribution in [0.25, 0.3) is 5.69 Å². The highest BCUT2D eigenvalue weighted by atomic mass is 16.2. The fourth-order valence-electron chi connectivity index (χ4n) is 3.68. The Hall–Kier alpha value is -2.10. The second-order valence-corrected chi connectivity index (χ2v) is 6.87. The van der Waals surface area contributed by atoms with Crippen molar-refractivity contribution in [2.75, 3.05) is 13.1 Å². The van der Waals surface area contributed by atoms with Crippen LogP contribution in [-0.2, 0) is 0 Å². The third-order valence-corrected chi connectivity index (χ3v) is 5.00. The van der Waals surface area contributed by atoms with E-state index in [9.17, 15) is 4.79 Å². The zero-order valence-corrected chi connectivity index (χ0v) is 14.7. The number of hydrogen-bond donors (Lipinski definition) is 0. The Morgan fingerprint density at radius 1 is 1.29 bits per heavy atom. The van der Waals surface area contributed by atoms with Gasteiger partial charge in [0.15, 0.2) is 0 Å². The number of aromatic nitrogens is 2. The first-order valence-electron chi connectivity index (χ1n) is 9.07. The Morgan fingerprint density at radius 3 is 2.92 bits per heavy atom. The van der Waals surface area contributed by atoms with Gasteiger partial charge >= 0.3 is 0 Å². The molecule has 1 saturated heterocycles. The molecule has 1 aromatic heterocycles. The third-order valence-electron chi connectivity index (χ3n) is 5.00. The molecule has 128 valence electrons. The van der Waals surface area contributed by atoms with Gasteiger partial charge in [-0.1, -0.05) is 31.4 Å². The second kappa shape index (κ2) is 7.65. The van der Waals surface area contributed by atoms with Gasteiger partial charge in [-0.2, -0.15) is 0 Å². The molecule has 0 radical (unpaired) electrons. The van der Waals surface area contributed by atoms with Gasteiger partial charge in [-0.3, -0.25) is 4.79 Å². The molecular weight excluding hydrogens is 298 g/mol. The molecule has 2 aromatic rings. The summed E-state index contributed by atoms with van der Waals surface area (Å²) in [5.74, 6) is 0.929. The normalized spacial score (nSPS) is 18.4. The van der Waals surface area contributed by atoms with E-state index in [1.807, 2.05) is 40.8 Å². The maximum Gasteiger partial charge on any atom is 0.255 e. The molecule has 0 bridgehead atoms. The highest BCUT2D eigenvalue weighted by Gasteiger charge is 2.23. The number of amides is 1. The highest BCUT2D eigenvalue weighted by molar-refractivity contribution is 5.98. The summed E-state index contributed by atoms with van der Waals surface area (Å²) in [5.41, 5.74) is 2.81. The number of rotatable bonds is 4. The summed E-state index contributed by atoms with van der Waals surface area (Å²) < 4.78 is 1.92. The summed E-state index contributed by atoms with van der Waals surface area (Å²) in [5, 5.41) is 0. The molecule has 0 saturated carbocycles. The van der Waals surface area contributed by atoms with Crippen molar-refractivity contribution in [2.24, 2.45) is 5.92 Å². The number of likely N-dealkylation sites (tertiary alicyclic amines) is 1. The van der Waals surface area contributed by atoms with Gasteiger partial charge in [-0.25, -0.2) is 4.98 Å². The van der Waals surface area contributed by atoms with Crippen LogP contribution >= 0.6 is 0 Å². The first-order chi connectivity index (χ1) is 11.7. The van der Waals surface area contributed by atoms with Crippen LogP contribution in [0.3, 0.4) is 0 Å². The molecule has 4 heteroatoms. The molecule has 1 fully saturated rings. The summed E-state index contributed by atoms with van der Waals surface area (Å²) in [6, 6.07) is 6.07. The summed E-state index contributed by atoms with van der Waals surface area (Å²) >= 11 is 0. The lowest BCUT2D eigenvalue weighted by Crippen LogP contribution is -2.32. The molecule has 24 heavy (non-hydrogen) atoms. The van der Waals surface area contributed by atoms with E-state index < -0.39 is 0 Å². The van der Waals surface area contributed by atoms with Gasteiger partial charge in [0.2, 0.25) is 0 Å². The highest BCUT2D eigenvalue weighted by Crippen LogP contribution is 2.24. The van der Waals surface area contributed by atoms with Gasteiger partial charge in [0.25, 0.3) is 5.91 Å².